The molecule has 1 aromatic carbocycles. The first-order valence-corrected chi connectivity index (χ1v) is 7.52. The zero-order chi connectivity index (χ0) is 11.9. The largest absolute Gasteiger partial charge is 0.309 e. The van der Waals surface area contributed by atoms with Gasteiger partial charge < -0.3 is 5.32 Å². The summed E-state index contributed by atoms with van der Waals surface area (Å²) in [6.45, 7) is 3.19. The van der Waals surface area contributed by atoms with Gasteiger partial charge in [0, 0.05) is 34.3 Å². The molecule has 1 unspecified atom stereocenters. The molecule has 0 spiro atoms. The van der Waals surface area contributed by atoms with Gasteiger partial charge in [-0.25, -0.2) is 0 Å². The van der Waals surface area contributed by atoms with Crippen molar-refractivity contribution in [2.45, 2.75) is 17.9 Å². The van der Waals surface area contributed by atoms with Gasteiger partial charge in [-0.05, 0) is 19.1 Å². The molecule has 2 nitrogen and oxygen atoms in total. The number of rotatable bonds is 6. The Bertz CT molecular complexity index is 414. The quantitative estimate of drug-likeness (QED) is 0.637. The summed E-state index contributed by atoms with van der Waals surface area (Å²) >= 11 is 3.59. The summed E-state index contributed by atoms with van der Waals surface area (Å²) in [6, 6.07) is 10.9. The first-order valence-electron chi connectivity index (χ1n) is 5.66. The van der Waals surface area contributed by atoms with Crippen molar-refractivity contribution in [3.63, 3.8) is 0 Å². The lowest BCUT2D eigenvalue weighted by Gasteiger charge is -2.11. The molecule has 0 fully saturated rings. The molecule has 0 radical (unpaired) electrons. The molecular weight excluding hydrogens is 248 g/mol. The Morgan fingerprint density at radius 1 is 1.35 bits per heavy atom. The van der Waals surface area contributed by atoms with E-state index in [2.05, 4.69) is 41.5 Å². The number of aromatic nitrogens is 1. The van der Waals surface area contributed by atoms with Crippen LogP contribution in [0.25, 0.3) is 0 Å². The minimum Gasteiger partial charge on any atom is -0.309 e. The van der Waals surface area contributed by atoms with E-state index in [0.717, 1.165) is 12.3 Å². The van der Waals surface area contributed by atoms with E-state index in [9.17, 15) is 0 Å². The fourth-order valence-corrected chi connectivity index (χ4v) is 2.96. The molecule has 0 bridgehead atoms. The maximum absolute atomic E-state index is 4.09. The predicted octanol–water partition coefficient (Wildman–Crippen LogP) is 3.59. The lowest BCUT2D eigenvalue weighted by atomic mass is 10.3. The fraction of sp³-hybridized carbons (Fsp3) is 0.308. The minimum atomic E-state index is 0.402. The van der Waals surface area contributed by atoms with Crippen LogP contribution in [0.3, 0.4) is 0 Å². The Kier molecular flexibility index (Phi) is 5.04. The van der Waals surface area contributed by atoms with Gasteiger partial charge in [0.2, 0.25) is 0 Å². The number of thioether (sulfide) groups is 1. The fourth-order valence-electron chi connectivity index (χ4n) is 1.50. The van der Waals surface area contributed by atoms with E-state index in [-0.39, 0.29) is 0 Å². The highest BCUT2D eigenvalue weighted by atomic mass is 32.2. The molecule has 4 heteroatoms. The van der Waals surface area contributed by atoms with Crippen LogP contribution < -0.4 is 5.32 Å². The molecule has 2 aromatic rings. The standard InChI is InChI=1S/C13H16N2S2/c1-11(13-9-14-10-17-13)15-7-8-16-12-5-3-2-4-6-12/h2-6,9-11,15H,7-8H2,1H3. The van der Waals surface area contributed by atoms with Gasteiger partial charge in [-0.3, -0.25) is 4.98 Å². The number of benzene rings is 1. The Balaban J connectivity index is 1.67. The van der Waals surface area contributed by atoms with Crippen LogP contribution in [-0.4, -0.2) is 17.3 Å². The Morgan fingerprint density at radius 3 is 2.88 bits per heavy atom. The molecule has 0 saturated heterocycles. The average Bonchev–Trinajstić information content (AvgIpc) is 2.89. The van der Waals surface area contributed by atoms with Crippen LogP contribution in [0.1, 0.15) is 17.8 Å². The van der Waals surface area contributed by atoms with Gasteiger partial charge >= 0.3 is 0 Å². The van der Waals surface area contributed by atoms with Crippen molar-refractivity contribution in [3.8, 4) is 0 Å². The van der Waals surface area contributed by atoms with Gasteiger partial charge in [0.15, 0.2) is 0 Å². The van der Waals surface area contributed by atoms with Crippen molar-refractivity contribution in [1.29, 1.82) is 0 Å². The first-order chi connectivity index (χ1) is 8.36. The van der Waals surface area contributed by atoms with E-state index in [1.165, 1.54) is 9.77 Å². The van der Waals surface area contributed by atoms with E-state index in [4.69, 9.17) is 0 Å². The molecule has 17 heavy (non-hydrogen) atoms. The van der Waals surface area contributed by atoms with Crippen LogP contribution in [0.5, 0.6) is 0 Å². The third kappa shape index (κ3) is 4.15. The molecule has 1 heterocycles. The highest BCUT2D eigenvalue weighted by Crippen LogP contribution is 2.18. The van der Waals surface area contributed by atoms with Crippen LogP contribution in [-0.2, 0) is 0 Å². The smallest absolute Gasteiger partial charge is 0.0794 e. The van der Waals surface area contributed by atoms with Crippen molar-refractivity contribution in [2.75, 3.05) is 12.3 Å². The molecule has 0 amide bonds. The minimum absolute atomic E-state index is 0.402. The lowest BCUT2D eigenvalue weighted by Crippen LogP contribution is -2.20. The second-order valence-corrected chi connectivity index (χ2v) is 5.83. The number of nitrogens with one attached hydrogen (secondary N) is 1. The van der Waals surface area contributed by atoms with Gasteiger partial charge in [0.05, 0.1) is 5.51 Å². The van der Waals surface area contributed by atoms with Gasteiger partial charge in [0.25, 0.3) is 0 Å². The molecule has 1 atom stereocenters. The van der Waals surface area contributed by atoms with Gasteiger partial charge in [-0.1, -0.05) is 18.2 Å². The van der Waals surface area contributed by atoms with Crippen molar-refractivity contribution < 1.29 is 0 Å². The highest BCUT2D eigenvalue weighted by molar-refractivity contribution is 7.99. The van der Waals surface area contributed by atoms with Crippen molar-refractivity contribution >= 4 is 23.1 Å². The zero-order valence-corrected chi connectivity index (χ0v) is 11.4. The Hall–Kier alpha value is -0.840. The van der Waals surface area contributed by atoms with Gasteiger partial charge in [0.1, 0.15) is 0 Å². The summed E-state index contributed by atoms with van der Waals surface area (Å²) in [6.07, 6.45) is 1.94. The zero-order valence-electron chi connectivity index (χ0n) is 9.80. The Labute approximate surface area is 110 Å². The maximum atomic E-state index is 4.09. The maximum Gasteiger partial charge on any atom is 0.0794 e. The molecule has 2 rings (SSSR count). The molecule has 1 aromatic heterocycles. The second kappa shape index (κ2) is 6.79. The van der Waals surface area contributed by atoms with E-state index in [1.807, 2.05) is 29.5 Å². The van der Waals surface area contributed by atoms with Gasteiger partial charge in [-0.2, -0.15) is 0 Å². The third-order valence-corrected chi connectivity index (χ3v) is 4.41. The molecule has 0 saturated carbocycles. The number of thiazole rings is 1. The van der Waals surface area contributed by atoms with E-state index < -0.39 is 0 Å². The van der Waals surface area contributed by atoms with Crippen molar-refractivity contribution in [1.82, 2.24) is 10.3 Å². The number of hydrogen-bond donors (Lipinski definition) is 1. The van der Waals surface area contributed by atoms with E-state index >= 15 is 0 Å². The van der Waals surface area contributed by atoms with E-state index in [1.54, 1.807) is 11.3 Å². The van der Waals surface area contributed by atoms with Crippen LogP contribution in [0.2, 0.25) is 0 Å². The van der Waals surface area contributed by atoms with Crippen LogP contribution in [0, 0.1) is 0 Å². The Morgan fingerprint density at radius 2 is 2.18 bits per heavy atom. The predicted molar refractivity (Wildman–Crippen MR) is 75.7 cm³/mol. The lowest BCUT2D eigenvalue weighted by molar-refractivity contribution is 0.609. The number of hydrogen-bond acceptors (Lipinski definition) is 4. The van der Waals surface area contributed by atoms with Crippen molar-refractivity contribution in [3.05, 3.63) is 46.9 Å². The summed E-state index contributed by atoms with van der Waals surface area (Å²) in [4.78, 5) is 6.73. The molecule has 0 aliphatic heterocycles. The summed E-state index contributed by atoms with van der Waals surface area (Å²) < 4.78 is 0. The summed E-state index contributed by atoms with van der Waals surface area (Å²) in [5, 5.41) is 3.50. The van der Waals surface area contributed by atoms with Crippen LogP contribution in [0.15, 0.2) is 46.9 Å². The molecular formula is C13H16N2S2. The average molecular weight is 264 g/mol. The van der Waals surface area contributed by atoms with Gasteiger partial charge in [-0.15, -0.1) is 23.1 Å². The molecule has 0 aliphatic carbocycles. The topological polar surface area (TPSA) is 24.9 Å². The molecule has 90 valence electrons. The monoisotopic (exact) mass is 264 g/mol. The van der Waals surface area contributed by atoms with Crippen LogP contribution in [0.4, 0.5) is 0 Å². The summed E-state index contributed by atoms with van der Waals surface area (Å²) in [5.41, 5.74) is 1.88. The van der Waals surface area contributed by atoms with E-state index in [0.29, 0.717) is 6.04 Å². The first kappa shape index (κ1) is 12.6. The summed E-state index contributed by atoms with van der Waals surface area (Å²) in [5.74, 6) is 1.09. The highest BCUT2D eigenvalue weighted by Gasteiger charge is 2.05. The van der Waals surface area contributed by atoms with Crippen LogP contribution >= 0.6 is 23.1 Å². The summed E-state index contributed by atoms with van der Waals surface area (Å²) in [7, 11) is 0. The number of nitrogens with zero attached hydrogens (tertiary/aromatic N) is 1. The molecule has 1 N–H and O–H groups in total. The third-order valence-electron chi connectivity index (χ3n) is 2.44. The normalized spacial score (nSPS) is 12.5. The SMILES string of the molecule is CC(NCCSc1ccccc1)c1cncs1. The molecule has 0 aliphatic rings. The van der Waals surface area contributed by atoms with Crippen molar-refractivity contribution in [2.24, 2.45) is 0 Å². The second-order valence-electron chi connectivity index (χ2n) is 3.74.